The van der Waals surface area contributed by atoms with Crippen molar-refractivity contribution >= 4 is 21.9 Å². The van der Waals surface area contributed by atoms with Crippen LogP contribution in [0.4, 0.5) is 5.69 Å². The molecule has 20 heavy (non-hydrogen) atoms. The van der Waals surface area contributed by atoms with Gasteiger partial charge in [-0.25, -0.2) is 4.79 Å². The number of carboxylic acid groups (broad SMARTS) is 1. The van der Waals surface area contributed by atoms with E-state index in [2.05, 4.69) is 4.72 Å². The van der Waals surface area contributed by atoms with E-state index >= 15 is 0 Å². The minimum absolute atomic E-state index is 0.0491. The fraction of sp³-hybridized carbons (Fsp3) is 0.417. The summed E-state index contributed by atoms with van der Waals surface area (Å²) in [6.07, 6.45) is 0. The molecule has 1 aliphatic rings. The van der Waals surface area contributed by atoms with E-state index in [1.165, 1.54) is 18.2 Å². The summed E-state index contributed by atoms with van der Waals surface area (Å²) >= 11 is 0. The molecule has 0 saturated carbocycles. The first-order chi connectivity index (χ1) is 9.33. The van der Waals surface area contributed by atoms with Gasteiger partial charge in [0.1, 0.15) is 12.2 Å². The Morgan fingerprint density at radius 2 is 2.15 bits per heavy atom. The number of rotatable bonds is 4. The Morgan fingerprint density at radius 1 is 1.45 bits per heavy atom. The van der Waals surface area contributed by atoms with Crippen LogP contribution in [0, 0.1) is 0 Å². The van der Waals surface area contributed by atoms with Gasteiger partial charge in [0.2, 0.25) is 0 Å². The Morgan fingerprint density at radius 3 is 2.75 bits per heavy atom. The molecule has 0 saturated heterocycles. The molecule has 0 amide bonds. The number of benzene rings is 1. The SMILES string of the molecule is CC(C)NS(=O)(=O)N1CCOc2c(C(=O)O)cccc21. The van der Waals surface area contributed by atoms with Gasteiger partial charge in [-0.3, -0.25) is 4.31 Å². The quantitative estimate of drug-likeness (QED) is 0.858. The number of carboxylic acids is 1. The van der Waals surface area contributed by atoms with Crippen molar-refractivity contribution in [2.24, 2.45) is 0 Å². The molecule has 0 aromatic heterocycles. The first-order valence-electron chi connectivity index (χ1n) is 6.12. The first kappa shape index (κ1) is 14.6. The number of hydrogen-bond acceptors (Lipinski definition) is 4. The molecule has 0 fully saturated rings. The predicted molar refractivity (Wildman–Crippen MR) is 73.4 cm³/mol. The van der Waals surface area contributed by atoms with Crippen LogP contribution < -0.4 is 13.8 Å². The lowest BCUT2D eigenvalue weighted by molar-refractivity contribution is 0.0692. The maximum absolute atomic E-state index is 12.3. The van der Waals surface area contributed by atoms with Gasteiger partial charge < -0.3 is 9.84 Å². The van der Waals surface area contributed by atoms with Crippen LogP contribution in [0.3, 0.4) is 0 Å². The zero-order valence-corrected chi connectivity index (χ0v) is 12.0. The molecule has 0 unspecified atom stereocenters. The lowest BCUT2D eigenvalue weighted by Crippen LogP contribution is -2.47. The molecule has 2 rings (SSSR count). The normalized spacial score (nSPS) is 14.8. The number of hydrogen-bond donors (Lipinski definition) is 2. The smallest absolute Gasteiger partial charge is 0.339 e. The molecule has 2 N–H and O–H groups in total. The molecule has 0 atom stereocenters. The Kier molecular flexibility index (Phi) is 3.87. The standard InChI is InChI=1S/C12H16N2O5S/c1-8(2)13-20(17,18)14-6-7-19-11-9(12(15)16)4-3-5-10(11)14/h3-5,8,13H,6-7H2,1-2H3,(H,15,16). The summed E-state index contributed by atoms with van der Waals surface area (Å²) in [5, 5.41) is 9.11. The van der Waals surface area contributed by atoms with Crippen molar-refractivity contribution < 1.29 is 23.1 Å². The van der Waals surface area contributed by atoms with Gasteiger partial charge in [0.15, 0.2) is 5.75 Å². The molecular formula is C12H16N2O5S. The Balaban J connectivity index is 2.49. The molecule has 1 aromatic carbocycles. The molecule has 0 bridgehead atoms. The fourth-order valence-corrected chi connectivity index (χ4v) is 3.44. The molecule has 1 aliphatic heterocycles. The third kappa shape index (κ3) is 2.70. The van der Waals surface area contributed by atoms with Gasteiger partial charge >= 0.3 is 16.2 Å². The minimum Gasteiger partial charge on any atom is -0.489 e. The summed E-state index contributed by atoms with van der Waals surface area (Å²) in [6.45, 7) is 3.67. The highest BCUT2D eigenvalue weighted by Crippen LogP contribution is 2.36. The second-order valence-electron chi connectivity index (χ2n) is 4.66. The summed E-state index contributed by atoms with van der Waals surface area (Å²) < 4.78 is 33.4. The van der Waals surface area contributed by atoms with Crippen LogP contribution in [0.2, 0.25) is 0 Å². The van der Waals surface area contributed by atoms with E-state index in [1.54, 1.807) is 13.8 Å². The minimum atomic E-state index is -3.73. The van der Waals surface area contributed by atoms with E-state index in [-0.39, 0.29) is 36.2 Å². The zero-order valence-electron chi connectivity index (χ0n) is 11.2. The highest BCUT2D eigenvalue weighted by atomic mass is 32.2. The van der Waals surface area contributed by atoms with Gasteiger partial charge in [-0.15, -0.1) is 0 Å². The van der Waals surface area contributed by atoms with Crippen molar-refractivity contribution in [1.82, 2.24) is 4.72 Å². The van der Waals surface area contributed by atoms with E-state index < -0.39 is 16.2 Å². The lowest BCUT2D eigenvalue weighted by Gasteiger charge is -2.31. The van der Waals surface area contributed by atoms with Crippen LogP contribution in [0.25, 0.3) is 0 Å². The highest BCUT2D eigenvalue weighted by Gasteiger charge is 2.31. The van der Waals surface area contributed by atoms with Crippen molar-refractivity contribution in [2.45, 2.75) is 19.9 Å². The third-order valence-electron chi connectivity index (χ3n) is 2.71. The van der Waals surface area contributed by atoms with Crippen molar-refractivity contribution in [3.63, 3.8) is 0 Å². The largest absolute Gasteiger partial charge is 0.489 e. The van der Waals surface area contributed by atoms with Crippen LogP contribution in [-0.2, 0) is 10.2 Å². The monoisotopic (exact) mass is 300 g/mol. The number of nitrogens with zero attached hydrogens (tertiary/aromatic N) is 1. The van der Waals surface area contributed by atoms with Crippen LogP contribution in [0.5, 0.6) is 5.75 Å². The van der Waals surface area contributed by atoms with E-state index in [0.717, 1.165) is 4.31 Å². The number of para-hydroxylation sites is 1. The molecule has 7 nitrogen and oxygen atoms in total. The Hall–Kier alpha value is -1.80. The Bertz CT molecular complexity index is 627. The number of carbonyl (C=O) groups is 1. The van der Waals surface area contributed by atoms with E-state index in [9.17, 15) is 13.2 Å². The van der Waals surface area contributed by atoms with E-state index in [4.69, 9.17) is 9.84 Å². The maximum Gasteiger partial charge on any atom is 0.339 e. The molecule has 1 aromatic rings. The van der Waals surface area contributed by atoms with Gasteiger partial charge in [0.05, 0.1) is 12.2 Å². The van der Waals surface area contributed by atoms with Crippen molar-refractivity contribution in [3.05, 3.63) is 23.8 Å². The summed E-state index contributed by atoms with van der Waals surface area (Å²) in [7, 11) is -3.73. The van der Waals surface area contributed by atoms with Crippen molar-refractivity contribution in [1.29, 1.82) is 0 Å². The number of aromatic carboxylic acids is 1. The summed E-state index contributed by atoms with van der Waals surface area (Å²) in [6, 6.07) is 4.15. The summed E-state index contributed by atoms with van der Waals surface area (Å²) in [5.41, 5.74) is 0.191. The fourth-order valence-electron chi connectivity index (χ4n) is 2.00. The average molecular weight is 300 g/mol. The van der Waals surface area contributed by atoms with Crippen LogP contribution >= 0.6 is 0 Å². The van der Waals surface area contributed by atoms with Gasteiger partial charge in [-0.2, -0.15) is 13.1 Å². The van der Waals surface area contributed by atoms with Gasteiger partial charge in [0, 0.05) is 6.04 Å². The predicted octanol–water partition coefficient (Wildman–Crippen LogP) is 0.826. The van der Waals surface area contributed by atoms with Crippen molar-refractivity contribution in [2.75, 3.05) is 17.5 Å². The molecule has 0 radical (unpaired) electrons. The number of ether oxygens (including phenoxy) is 1. The zero-order chi connectivity index (χ0) is 14.9. The summed E-state index contributed by atoms with van der Waals surface area (Å²) in [4.78, 5) is 11.1. The number of nitrogens with one attached hydrogen (secondary N) is 1. The third-order valence-corrected chi connectivity index (χ3v) is 4.44. The second-order valence-corrected chi connectivity index (χ2v) is 6.28. The van der Waals surface area contributed by atoms with Crippen molar-refractivity contribution in [3.8, 4) is 5.75 Å². The van der Waals surface area contributed by atoms with Gasteiger partial charge in [0.25, 0.3) is 0 Å². The molecule has 0 spiro atoms. The number of fused-ring (bicyclic) bond motifs is 1. The first-order valence-corrected chi connectivity index (χ1v) is 7.56. The molecule has 110 valence electrons. The van der Waals surface area contributed by atoms with Crippen LogP contribution in [0.1, 0.15) is 24.2 Å². The second kappa shape index (κ2) is 5.29. The van der Waals surface area contributed by atoms with E-state index in [1.807, 2.05) is 0 Å². The van der Waals surface area contributed by atoms with Gasteiger partial charge in [-0.05, 0) is 26.0 Å². The topological polar surface area (TPSA) is 95.9 Å². The molecule has 0 aliphatic carbocycles. The Labute approximate surface area is 117 Å². The molecular weight excluding hydrogens is 284 g/mol. The molecule has 1 heterocycles. The summed E-state index contributed by atoms with van der Waals surface area (Å²) in [5.74, 6) is -1.07. The average Bonchev–Trinajstić information content (AvgIpc) is 2.35. The van der Waals surface area contributed by atoms with E-state index in [0.29, 0.717) is 0 Å². The maximum atomic E-state index is 12.3. The highest BCUT2D eigenvalue weighted by molar-refractivity contribution is 7.90. The van der Waals surface area contributed by atoms with Crippen LogP contribution in [0.15, 0.2) is 18.2 Å². The van der Waals surface area contributed by atoms with Gasteiger partial charge in [-0.1, -0.05) is 6.07 Å². The lowest BCUT2D eigenvalue weighted by atomic mass is 10.1. The van der Waals surface area contributed by atoms with Crippen LogP contribution in [-0.4, -0.2) is 38.7 Å². The molecule has 8 heteroatoms. The number of anilines is 1.